The third-order valence-corrected chi connectivity index (χ3v) is 7.51. The molecule has 1 saturated heterocycles. The molecule has 3 heterocycles. The molecule has 8 nitrogen and oxygen atoms in total. The molecule has 1 fully saturated rings. The maximum absolute atomic E-state index is 13.6. The fraction of sp³-hybridized carbons (Fsp3) is 0.586. The summed E-state index contributed by atoms with van der Waals surface area (Å²) in [6.45, 7) is 9.63. The summed E-state index contributed by atoms with van der Waals surface area (Å²) in [7, 11) is 2.11. The largest absolute Gasteiger partial charge is 0.355 e. The Kier molecular flexibility index (Phi) is 9.50. The van der Waals surface area contributed by atoms with Crippen molar-refractivity contribution in [1.82, 2.24) is 20.0 Å². The number of carbonyl (C=O) groups excluding carboxylic acids is 2. The molecule has 0 saturated carbocycles. The number of amides is 2. The van der Waals surface area contributed by atoms with Gasteiger partial charge in [-0.1, -0.05) is 32.0 Å². The van der Waals surface area contributed by atoms with E-state index in [-0.39, 0.29) is 11.8 Å². The fourth-order valence-electron chi connectivity index (χ4n) is 5.35. The Balaban J connectivity index is 1.46. The monoisotopic (exact) mass is 506 g/mol. The molecule has 0 spiro atoms. The van der Waals surface area contributed by atoms with E-state index < -0.39 is 0 Å². The molecule has 0 aliphatic carbocycles. The van der Waals surface area contributed by atoms with E-state index in [0.717, 1.165) is 62.5 Å². The van der Waals surface area contributed by atoms with Crippen LogP contribution in [-0.2, 0) is 16.1 Å². The summed E-state index contributed by atoms with van der Waals surface area (Å²) in [6.07, 6.45) is 5.65. The van der Waals surface area contributed by atoms with Gasteiger partial charge in [0.05, 0.1) is 0 Å². The van der Waals surface area contributed by atoms with Gasteiger partial charge in [0.2, 0.25) is 11.8 Å². The summed E-state index contributed by atoms with van der Waals surface area (Å²) in [6, 6.07) is 12.0. The van der Waals surface area contributed by atoms with Crippen LogP contribution in [0, 0.1) is 11.8 Å². The molecule has 1 aromatic carbocycles. The second kappa shape index (κ2) is 13.0. The predicted molar refractivity (Wildman–Crippen MR) is 147 cm³/mol. The molecular formula is C29H42N6O2. The topological polar surface area (TPSA) is 72.9 Å². The Morgan fingerprint density at radius 1 is 0.946 bits per heavy atom. The van der Waals surface area contributed by atoms with Gasteiger partial charge in [0.25, 0.3) is 0 Å². The van der Waals surface area contributed by atoms with E-state index in [1.807, 2.05) is 40.1 Å². The number of para-hydroxylation sites is 1. The van der Waals surface area contributed by atoms with Crippen molar-refractivity contribution in [3.8, 4) is 0 Å². The Morgan fingerprint density at radius 2 is 1.73 bits per heavy atom. The summed E-state index contributed by atoms with van der Waals surface area (Å²) in [5.41, 5.74) is 2.00. The van der Waals surface area contributed by atoms with E-state index >= 15 is 0 Å². The molecule has 0 N–H and O–H groups in total. The highest BCUT2D eigenvalue weighted by molar-refractivity contribution is 5.94. The number of fused-ring (bicyclic) bond motifs is 1. The van der Waals surface area contributed by atoms with Crippen LogP contribution in [0.1, 0.15) is 51.5 Å². The summed E-state index contributed by atoms with van der Waals surface area (Å²) >= 11 is 0. The quantitative estimate of drug-likeness (QED) is 0.614. The molecule has 2 aromatic rings. The van der Waals surface area contributed by atoms with E-state index in [4.69, 9.17) is 0 Å². The highest BCUT2D eigenvalue weighted by Gasteiger charge is 2.27. The van der Waals surface area contributed by atoms with Crippen LogP contribution >= 0.6 is 0 Å². The molecule has 0 bridgehead atoms. The number of hydrogen-bond acceptors (Lipinski definition) is 6. The van der Waals surface area contributed by atoms with E-state index in [0.29, 0.717) is 44.3 Å². The smallest absolute Gasteiger partial charge is 0.227 e. The molecule has 0 unspecified atom stereocenters. The number of hydrogen-bond donors (Lipinski definition) is 0. The Hall–Kier alpha value is -3.00. The molecule has 37 heavy (non-hydrogen) atoms. The molecule has 0 atom stereocenters. The first-order valence-corrected chi connectivity index (χ1v) is 13.8. The highest BCUT2D eigenvalue weighted by Crippen LogP contribution is 2.27. The van der Waals surface area contributed by atoms with Crippen molar-refractivity contribution < 1.29 is 9.59 Å². The van der Waals surface area contributed by atoms with Crippen LogP contribution < -0.4 is 9.80 Å². The van der Waals surface area contributed by atoms with Crippen molar-refractivity contribution in [2.75, 3.05) is 56.1 Å². The van der Waals surface area contributed by atoms with Crippen LogP contribution in [0.4, 0.5) is 11.5 Å². The third kappa shape index (κ3) is 7.51. The van der Waals surface area contributed by atoms with Crippen LogP contribution in [-0.4, -0.2) is 78.1 Å². The lowest BCUT2D eigenvalue weighted by Crippen LogP contribution is -2.40. The van der Waals surface area contributed by atoms with Crippen molar-refractivity contribution in [2.45, 2.75) is 52.5 Å². The average molecular weight is 507 g/mol. The maximum Gasteiger partial charge on any atom is 0.227 e. The van der Waals surface area contributed by atoms with E-state index in [2.05, 4.69) is 47.0 Å². The zero-order valence-corrected chi connectivity index (χ0v) is 22.7. The summed E-state index contributed by atoms with van der Waals surface area (Å²) in [5.74, 6) is 1.96. The van der Waals surface area contributed by atoms with Crippen LogP contribution in [0.2, 0.25) is 0 Å². The molecule has 2 aliphatic heterocycles. The molecule has 8 heteroatoms. The molecule has 4 rings (SSSR count). The van der Waals surface area contributed by atoms with Gasteiger partial charge in [-0.05, 0) is 68.5 Å². The maximum atomic E-state index is 13.6. The Bertz CT molecular complexity index is 1020. The van der Waals surface area contributed by atoms with Gasteiger partial charge < -0.3 is 19.6 Å². The minimum absolute atomic E-state index is 0.164. The van der Waals surface area contributed by atoms with Gasteiger partial charge in [-0.25, -0.2) is 0 Å². The number of benzene rings is 1. The van der Waals surface area contributed by atoms with Gasteiger partial charge >= 0.3 is 0 Å². The van der Waals surface area contributed by atoms with Gasteiger partial charge in [0.15, 0.2) is 5.82 Å². The zero-order chi connectivity index (χ0) is 26.2. The van der Waals surface area contributed by atoms with Crippen molar-refractivity contribution in [3.05, 3.63) is 48.2 Å². The number of piperidine rings is 1. The van der Waals surface area contributed by atoms with Gasteiger partial charge in [-0.15, -0.1) is 5.10 Å². The van der Waals surface area contributed by atoms with Crippen molar-refractivity contribution >= 4 is 23.3 Å². The first-order chi connectivity index (χ1) is 17.9. The lowest BCUT2D eigenvalue weighted by Gasteiger charge is -2.34. The second-order valence-corrected chi connectivity index (χ2v) is 11.0. The minimum atomic E-state index is 0.164. The van der Waals surface area contributed by atoms with Crippen LogP contribution in [0.25, 0.3) is 0 Å². The first kappa shape index (κ1) is 27.0. The van der Waals surface area contributed by atoms with Crippen LogP contribution in [0.5, 0.6) is 0 Å². The van der Waals surface area contributed by atoms with Gasteiger partial charge in [0, 0.05) is 64.0 Å². The van der Waals surface area contributed by atoms with Crippen molar-refractivity contribution in [3.63, 3.8) is 0 Å². The average Bonchev–Trinajstić information content (AvgIpc) is 2.92. The summed E-state index contributed by atoms with van der Waals surface area (Å²) < 4.78 is 0. The van der Waals surface area contributed by atoms with Gasteiger partial charge in [-0.3, -0.25) is 9.59 Å². The normalized spacial score (nSPS) is 18.4. The predicted octanol–water partition coefficient (Wildman–Crippen LogP) is 3.83. The number of likely N-dealkylation sites (N-methyl/N-ethyl adjacent to an activating group) is 1. The second-order valence-electron chi connectivity index (χ2n) is 11.0. The lowest BCUT2D eigenvalue weighted by atomic mass is 9.93. The first-order valence-electron chi connectivity index (χ1n) is 13.8. The number of anilines is 2. The van der Waals surface area contributed by atoms with E-state index in [1.54, 1.807) is 6.20 Å². The summed E-state index contributed by atoms with van der Waals surface area (Å²) in [5, 5.41) is 8.24. The van der Waals surface area contributed by atoms with Crippen LogP contribution in [0.3, 0.4) is 0 Å². The number of carbonyl (C=O) groups is 2. The zero-order valence-electron chi connectivity index (χ0n) is 22.7. The van der Waals surface area contributed by atoms with Crippen molar-refractivity contribution in [2.24, 2.45) is 11.8 Å². The molecule has 200 valence electrons. The minimum Gasteiger partial charge on any atom is -0.355 e. The summed E-state index contributed by atoms with van der Waals surface area (Å²) in [4.78, 5) is 35.4. The molecule has 0 radical (unpaired) electrons. The number of aromatic nitrogens is 2. The third-order valence-electron chi connectivity index (χ3n) is 7.51. The number of rotatable bonds is 5. The highest BCUT2D eigenvalue weighted by atomic mass is 16.2. The standard InChI is InChI=1S/C29H42N6O2/c1-23(2)20-29(37)35-15-7-14-32(3)18-19-34(22-25-8-4-5-9-26(25)35)28(36)21-24-11-16-33(17-12-24)27-10-6-13-30-31-27/h4-6,8-10,13,23-24H,7,11-12,14-22H2,1-3H3. The number of nitrogens with zero attached hydrogens (tertiary/aromatic N) is 6. The molecule has 2 aliphatic rings. The lowest BCUT2D eigenvalue weighted by molar-refractivity contribution is -0.133. The van der Waals surface area contributed by atoms with E-state index in [9.17, 15) is 9.59 Å². The Morgan fingerprint density at radius 3 is 2.46 bits per heavy atom. The molecule has 1 aromatic heterocycles. The van der Waals surface area contributed by atoms with Crippen LogP contribution in [0.15, 0.2) is 42.6 Å². The van der Waals surface area contributed by atoms with E-state index in [1.165, 1.54) is 0 Å². The molecular weight excluding hydrogens is 464 g/mol. The fourth-order valence-corrected chi connectivity index (χ4v) is 5.35. The SMILES string of the molecule is CC(C)CC(=O)N1CCCN(C)CCN(C(=O)CC2CCN(c3cccnn3)CC2)Cc2ccccc21. The molecule has 2 amide bonds. The van der Waals surface area contributed by atoms with Gasteiger partial charge in [-0.2, -0.15) is 5.10 Å². The Labute approximate surface area is 221 Å². The van der Waals surface area contributed by atoms with Crippen molar-refractivity contribution in [1.29, 1.82) is 0 Å². The van der Waals surface area contributed by atoms with Gasteiger partial charge in [0.1, 0.15) is 0 Å².